The molecule has 1 N–H and O–H groups in total. The van der Waals surface area contributed by atoms with Crippen molar-refractivity contribution >= 4 is 21.6 Å². The molecule has 0 fully saturated rings. The molecule has 1 aromatic rings. The largest absolute Gasteiger partial charge is 0.316 e. The molecule has 6 nitrogen and oxygen atoms in total. The van der Waals surface area contributed by atoms with Crippen molar-refractivity contribution in [3.63, 3.8) is 0 Å². The third-order valence-corrected chi connectivity index (χ3v) is 2.33. The Balaban J connectivity index is 3.07. The number of benzene rings is 1. The van der Waals surface area contributed by atoms with Crippen molar-refractivity contribution in [2.75, 3.05) is 0 Å². The van der Waals surface area contributed by atoms with Gasteiger partial charge in [-0.3, -0.25) is 0 Å². The molecule has 1 rings (SSSR count). The smallest absolute Gasteiger partial charge is 0.241 e. The molecule has 0 saturated heterocycles. The van der Waals surface area contributed by atoms with Crippen molar-refractivity contribution in [1.29, 1.82) is 0 Å². The minimum absolute atomic E-state index is 0.0938. The van der Waals surface area contributed by atoms with Crippen LogP contribution >= 0.6 is 15.9 Å². The Bertz CT molecular complexity index is 414. The van der Waals surface area contributed by atoms with Crippen LogP contribution in [0, 0.1) is 4.91 Å². The third-order valence-electron chi connectivity index (χ3n) is 1.55. The molecule has 0 unspecified atom stereocenters. The van der Waals surface area contributed by atoms with Gasteiger partial charge in [0.05, 0.1) is 11.5 Å². The first kappa shape index (κ1) is 10.5. The van der Waals surface area contributed by atoms with Crippen LogP contribution in [0.15, 0.2) is 27.8 Å². The Labute approximate surface area is 87.5 Å². The van der Waals surface area contributed by atoms with Gasteiger partial charge in [-0.2, -0.15) is 0 Å². The average molecular weight is 258 g/mol. The molecule has 72 valence electrons. The van der Waals surface area contributed by atoms with Gasteiger partial charge in [-0.1, -0.05) is 21.0 Å². The monoisotopic (exact) mass is 257 g/mol. The van der Waals surface area contributed by atoms with Crippen LogP contribution in [0.25, 0.3) is 10.4 Å². The molecular formula is C7H6BrN4O2+. The zero-order chi connectivity index (χ0) is 10.6. The number of hydrogen-bond donors (Lipinski definition) is 1. The average Bonchev–Trinajstić information content (AvgIpc) is 2.16. The summed E-state index contributed by atoms with van der Waals surface area (Å²) in [6, 6.07) is 4.47. The van der Waals surface area contributed by atoms with Crippen molar-refractivity contribution in [2.45, 2.75) is 6.54 Å². The van der Waals surface area contributed by atoms with E-state index in [4.69, 9.17) is 10.7 Å². The highest BCUT2D eigenvalue weighted by atomic mass is 79.9. The van der Waals surface area contributed by atoms with E-state index in [-0.39, 0.29) is 17.2 Å². The predicted octanol–water partition coefficient (Wildman–Crippen LogP) is 3.06. The van der Waals surface area contributed by atoms with Gasteiger partial charge in [-0.15, -0.1) is 0 Å². The van der Waals surface area contributed by atoms with Crippen LogP contribution < -0.4 is 0 Å². The van der Waals surface area contributed by atoms with Crippen molar-refractivity contribution in [2.24, 2.45) is 5.11 Å². The number of halogens is 1. The first-order valence-corrected chi connectivity index (χ1v) is 4.40. The van der Waals surface area contributed by atoms with Gasteiger partial charge in [-0.25, -0.2) is 5.21 Å². The summed E-state index contributed by atoms with van der Waals surface area (Å²) in [6.07, 6.45) is 0. The molecule has 0 aliphatic carbocycles. The summed E-state index contributed by atoms with van der Waals surface area (Å²) >= 11 is 3.22. The van der Waals surface area contributed by atoms with E-state index in [2.05, 4.69) is 26.0 Å². The van der Waals surface area contributed by atoms with E-state index in [1.165, 1.54) is 12.1 Å². The lowest BCUT2D eigenvalue weighted by Crippen LogP contribution is -1.93. The first-order chi connectivity index (χ1) is 6.65. The molecule has 14 heavy (non-hydrogen) atoms. The summed E-state index contributed by atoms with van der Waals surface area (Å²) in [6.45, 7) is 0.124. The standard InChI is InChI=1S/C7H6BrN4O2/c8-7-2-1-6(12(13)14)3-5(7)4-10-11-9/h1-3H,4H2,(H,13,14)/q+1. The van der Waals surface area contributed by atoms with E-state index in [1.807, 2.05) is 0 Å². The van der Waals surface area contributed by atoms with Gasteiger partial charge >= 0.3 is 5.69 Å². The molecular weight excluding hydrogens is 252 g/mol. The fraction of sp³-hybridized carbons (Fsp3) is 0.143. The first-order valence-electron chi connectivity index (χ1n) is 3.60. The lowest BCUT2D eigenvalue weighted by molar-refractivity contribution is -0.729. The summed E-state index contributed by atoms with van der Waals surface area (Å²) in [5, 5.41) is 12.0. The number of rotatable bonds is 3. The number of nitrogens with zero attached hydrogens (tertiary/aromatic N) is 4. The van der Waals surface area contributed by atoms with Gasteiger partial charge in [0.25, 0.3) is 4.92 Å². The van der Waals surface area contributed by atoms with Gasteiger partial charge in [0, 0.05) is 21.5 Å². The van der Waals surface area contributed by atoms with E-state index < -0.39 is 0 Å². The van der Waals surface area contributed by atoms with Crippen LogP contribution in [-0.4, -0.2) is 10.1 Å². The molecule has 7 heteroatoms. The second-order valence-corrected chi connectivity index (χ2v) is 3.29. The number of azide groups is 1. The van der Waals surface area contributed by atoms with Gasteiger partial charge < -0.3 is 0 Å². The topological polar surface area (TPSA) is 89.1 Å². The van der Waals surface area contributed by atoms with Crippen LogP contribution in [0.3, 0.4) is 0 Å². The van der Waals surface area contributed by atoms with Crippen LogP contribution in [-0.2, 0) is 6.54 Å². The van der Waals surface area contributed by atoms with Crippen molar-refractivity contribution in [3.05, 3.63) is 43.6 Å². The van der Waals surface area contributed by atoms with Crippen molar-refractivity contribution < 1.29 is 10.1 Å². The highest BCUT2D eigenvalue weighted by Gasteiger charge is 2.13. The molecule has 0 saturated carbocycles. The second kappa shape index (κ2) is 4.59. The van der Waals surface area contributed by atoms with Crippen LogP contribution in [0.2, 0.25) is 0 Å². The minimum Gasteiger partial charge on any atom is -0.241 e. The van der Waals surface area contributed by atoms with Gasteiger partial charge in [0.15, 0.2) is 0 Å². The lowest BCUT2D eigenvalue weighted by atomic mass is 10.2. The summed E-state index contributed by atoms with van der Waals surface area (Å²) in [5.41, 5.74) is 8.85. The molecule has 0 bridgehead atoms. The molecule has 0 heterocycles. The Kier molecular flexibility index (Phi) is 3.44. The molecule has 0 spiro atoms. The molecule has 0 aliphatic rings. The quantitative estimate of drug-likeness (QED) is 0.390. The van der Waals surface area contributed by atoms with Gasteiger partial charge in [0.2, 0.25) is 0 Å². The molecule has 0 amide bonds. The predicted molar refractivity (Wildman–Crippen MR) is 52.1 cm³/mol. The van der Waals surface area contributed by atoms with Gasteiger partial charge in [0.1, 0.15) is 0 Å². The van der Waals surface area contributed by atoms with E-state index in [1.54, 1.807) is 6.07 Å². The zero-order valence-corrected chi connectivity index (χ0v) is 8.55. The third kappa shape index (κ3) is 2.45. The van der Waals surface area contributed by atoms with E-state index >= 15 is 0 Å². The Morgan fingerprint density at radius 2 is 2.36 bits per heavy atom. The normalized spacial score (nSPS) is 9.21. The highest BCUT2D eigenvalue weighted by molar-refractivity contribution is 9.10. The summed E-state index contributed by atoms with van der Waals surface area (Å²) < 4.78 is 0.718. The molecule has 0 aliphatic heterocycles. The maximum absolute atomic E-state index is 10.5. The molecule has 1 aromatic carbocycles. The minimum atomic E-state index is -0.244. The maximum atomic E-state index is 10.5. The fourth-order valence-electron chi connectivity index (χ4n) is 0.909. The maximum Gasteiger partial charge on any atom is 0.316 e. The van der Waals surface area contributed by atoms with E-state index in [9.17, 15) is 4.91 Å². The summed E-state index contributed by atoms with van der Waals surface area (Å²) in [4.78, 5) is 12.9. The van der Waals surface area contributed by atoms with E-state index in [0.29, 0.717) is 5.56 Å². The Morgan fingerprint density at radius 1 is 1.64 bits per heavy atom. The second-order valence-electron chi connectivity index (χ2n) is 2.44. The molecule has 0 atom stereocenters. The summed E-state index contributed by atoms with van der Waals surface area (Å²) in [5.74, 6) is 0. The van der Waals surface area contributed by atoms with Crippen LogP contribution in [0.4, 0.5) is 5.69 Å². The zero-order valence-electron chi connectivity index (χ0n) is 6.96. The van der Waals surface area contributed by atoms with Crippen molar-refractivity contribution in [1.82, 2.24) is 0 Å². The van der Waals surface area contributed by atoms with Crippen LogP contribution in [0.5, 0.6) is 0 Å². The molecule has 0 radical (unpaired) electrons. The van der Waals surface area contributed by atoms with Gasteiger partial charge in [-0.05, 0) is 17.2 Å². The highest BCUT2D eigenvalue weighted by Crippen LogP contribution is 2.22. The fourth-order valence-corrected chi connectivity index (χ4v) is 1.28. The lowest BCUT2D eigenvalue weighted by Gasteiger charge is -1.97. The SMILES string of the molecule is [N-]=[N+]=NCc1cc([N+](=O)O)ccc1Br. The Morgan fingerprint density at radius 3 is 2.93 bits per heavy atom. The Hall–Kier alpha value is -1.59. The van der Waals surface area contributed by atoms with Crippen LogP contribution in [0.1, 0.15) is 5.56 Å². The summed E-state index contributed by atoms with van der Waals surface area (Å²) in [7, 11) is 0. The van der Waals surface area contributed by atoms with E-state index in [0.717, 1.165) is 4.47 Å². The molecule has 0 aromatic heterocycles. The van der Waals surface area contributed by atoms with Crippen molar-refractivity contribution in [3.8, 4) is 0 Å². The number of hydrogen-bond acceptors (Lipinski definition) is 2.